The van der Waals surface area contributed by atoms with E-state index in [1.807, 2.05) is 67.8 Å². The average molecular weight is 714 g/mol. The number of carbonyl (C=O) groups is 4. The van der Waals surface area contributed by atoms with Gasteiger partial charge in [0.2, 0.25) is 11.8 Å². The highest BCUT2D eigenvalue weighted by molar-refractivity contribution is 14.1. The number of carboxylic acids is 2. The standard InChI is InChI=1S/C16H17I3N2O6/c1-7(22)21(2)15-12(18)10(16(26)27)11(17)14(13(15)19)20-8(23)5-3-4-6-9(24)25/h3-6H2,1-2H3,(H,20,23)(H,24,25)(H,26,27). The highest BCUT2D eigenvalue weighted by atomic mass is 127. The molecule has 0 aliphatic rings. The van der Waals surface area contributed by atoms with Gasteiger partial charge in [-0.1, -0.05) is 0 Å². The summed E-state index contributed by atoms with van der Waals surface area (Å²) in [5.74, 6) is -2.69. The van der Waals surface area contributed by atoms with Gasteiger partial charge in [-0.25, -0.2) is 4.79 Å². The van der Waals surface area contributed by atoms with Crippen LogP contribution in [0.3, 0.4) is 0 Å². The Morgan fingerprint density at radius 2 is 1.52 bits per heavy atom. The maximum atomic E-state index is 12.2. The van der Waals surface area contributed by atoms with Gasteiger partial charge in [0.15, 0.2) is 0 Å². The fourth-order valence-electron chi connectivity index (χ4n) is 2.16. The number of nitrogens with one attached hydrogen (secondary N) is 1. The van der Waals surface area contributed by atoms with Gasteiger partial charge in [-0.15, -0.1) is 0 Å². The molecule has 0 saturated heterocycles. The number of nitrogens with zero attached hydrogens (tertiary/aromatic N) is 1. The zero-order chi connectivity index (χ0) is 20.9. The summed E-state index contributed by atoms with van der Waals surface area (Å²) in [6, 6.07) is 0. The van der Waals surface area contributed by atoms with Crippen LogP contribution in [0.25, 0.3) is 0 Å². The van der Waals surface area contributed by atoms with Crippen molar-refractivity contribution in [2.24, 2.45) is 0 Å². The SMILES string of the molecule is CC(=O)N(C)c1c(I)c(NC(=O)CCCCC(=O)O)c(I)c(C(=O)O)c1I. The lowest BCUT2D eigenvalue weighted by Gasteiger charge is -2.23. The largest absolute Gasteiger partial charge is 0.481 e. The number of benzene rings is 1. The van der Waals surface area contributed by atoms with Crippen LogP contribution in [-0.2, 0) is 14.4 Å². The van der Waals surface area contributed by atoms with Crippen molar-refractivity contribution in [3.8, 4) is 0 Å². The van der Waals surface area contributed by atoms with E-state index in [-0.39, 0.29) is 30.2 Å². The molecule has 0 aromatic heterocycles. The monoisotopic (exact) mass is 714 g/mol. The molecule has 27 heavy (non-hydrogen) atoms. The molecule has 0 saturated carbocycles. The van der Waals surface area contributed by atoms with Gasteiger partial charge in [0, 0.05) is 26.8 Å². The lowest BCUT2D eigenvalue weighted by atomic mass is 10.1. The number of unbranched alkanes of at least 4 members (excludes halogenated alkanes) is 1. The predicted molar refractivity (Wildman–Crippen MR) is 125 cm³/mol. The molecular formula is C16H17I3N2O6. The quantitative estimate of drug-likeness (QED) is 0.279. The molecule has 0 atom stereocenters. The second-order valence-corrected chi connectivity index (χ2v) is 8.81. The van der Waals surface area contributed by atoms with Crippen LogP contribution in [-0.4, -0.2) is 41.0 Å². The zero-order valence-corrected chi connectivity index (χ0v) is 20.9. The van der Waals surface area contributed by atoms with Crippen molar-refractivity contribution in [3.63, 3.8) is 0 Å². The lowest BCUT2D eigenvalue weighted by molar-refractivity contribution is -0.137. The van der Waals surface area contributed by atoms with Crippen molar-refractivity contribution in [1.82, 2.24) is 0 Å². The maximum Gasteiger partial charge on any atom is 0.338 e. The van der Waals surface area contributed by atoms with E-state index in [9.17, 15) is 24.3 Å². The summed E-state index contributed by atoms with van der Waals surface area (Å²) in [4.78, 5) is 47.7. The summed E-state index contributed by atoms with van der Waals surface area (Å²) >= 11 is 5.73. The summed E-state index contributed by atoms with van der Waals surface area (Å²) in [5, 5.41) is 20.9. The van der Waals surface area contributed by atoms with Crippen LogP contribution < -0.4 is 10.2 Å². The number of hydrogen-bond acceptors (Lipinski definition) is 4. The van der Waals surface area contributed by atoms with Crippen molar-refractivity contribution >= 4 is 103 Å². The van der Waals surface area contributed by atoms with Crippen LogP contribution in [0.15, 0.2) is 0 Å². The molecule has 1 aromatic carbocycles. The van der Waals surface area contributed by atoms with E-state index in [0.717, 1.165) is 0 Å². The molecule has 3 N–H and O–H groups in total. The molecule has 0 fully saturated rings. The van der Waals surface area contributed by atoms with E-state index in [1.165, 1.54) is 18.9 Å². The summed E-state index contributed by atoms with van der Waals surface area (Å²) in [7, 11) is 1.54. The Labute approximate surface area is 196 Å². The summed E-state index contributed by atoms with van der Waals surface area (Å²) in [5.41, 5.74) is 0.768. The van der Waals surface area contributed by atoms with Gasteiger partial charge in [-0.3, -0.25) is 14.4 Å². The van der Waals surface area contributed by atoms with Crippen molar-refractivity contribution in [3.05, 3.63) is 16.3 Å². The third kappa shape index (κ3) is 6.40. The van der Waals surface area contributed by atoms with Gasteiger partial charge in [0.1, 0.15) is 0 Å². The molecule has 0 aliphatic heterocycles. The first-order valence-electron chi connectivity index (χ1n) is 7.68. The van der Waals surface area contributed by atoms with Gasteiger partial charge in [0.05, 0.1) is 27.6 Å². The van der Waals surface area contributed by atoms with Gasteiger partial charge < -0.3 is 20.4 Å². The van der Waals surface area contributed by atoms with E-state index in [1.54, 1.807) is 0 Å². The molecule has 0 spiro atoms. The van der Waals surface area contributed by atoms with E-state index in [0.29, 0.717) is 34.9 Å². The predicted octanol–water partition coefficient (Wildman–Crippen LogP) is 3.76. The fraction of sp³-hybridized carbons (Fsp3) is 0.375. The number of carbonyl (C=O) groups excluding carboxylic acids is 2. The zero-order valence-electron chi connectivity index (χ0n) is 14.4. The number of hydrogen-bond donors (Lipinski definition) is 3. The Bertz CT molecular complexity index is 797. The molecule has 2 amide bonds. The Morgan fingerprint density at radius 1 is 0.963 bits per heavy atom. The Kier molecular flexibility index (Phi) is 9.67. The summed E-state index contributed by atoms with van der Waals surface area (Å²) in [6.07, 6.45) is 0.887. The van der Waals surface area contributed by atoms with Crippen LogP contribution in [0.4, 0.5) is 11.4 Å². The average Bonchev–Trinajstić information content (AvgIpc) is 2.54. The highest BCUT2D eigenvalue weighted by Gasteiger charge is 2.27. The molecule has 8 nitrogen and oxygen atoms in total. The molecule has 0 heterocycles. The Balaban J connectivity index is 3.26. The topological polar surface area (TPSA) is 124 Å². The highest BCUT2D eigenvalue weighted by Crippen LogP contribution is 2.40. The second kappa shape index (κ2) is 10.7. The number of amides is 2. The van der Waals surface area contributed by atoms with E-state index in [4.69, 9.17) is 5.11 Å². The molecular weight excluding hydrogens is 697 g/mol. The van der Waals surface area contributed by atoms with Crippen molar-refractivity contribution in [1.29, 1.82) is 0 Å². The smallest absolute Gasteiger partial charge is 0.338 e. The number of anilines is 2. The molecule has 148 valence electrons. The Hall–Kier alpha value is -0.710. The lowest BCUT2D eigenvalue weighted by Crippen LogP contribution is -2.27. The van der Waals surface area contributed by atoms with E-state index < -0.39 is 11.9 Å². The van der Waals surface area contributed by atoms with Crippen LogP contribution >= 0.6 is 67.8 Å². The van der Waals surface area contributed by atoms with Gasteiger partial charge in [0.25, 0.3) is 0 Å². The minimum Gasteiger partial charge on any atom is -0.481 e. The molecule has 1 aromatic rings. The molecule has 0 radical (unpaired) electrons. The third-order valence-corrected chi connectivity index (χ3v) is 6.80. The van der Waals surface area contributed by atoms with Gasteiger partial charge in [-0.2, -0.15) is 0 Å². The number of aromatic carboxylic acids is 1. The summed E-state index contributed by atoms with van der Waals surface area (Å²) < 4.78 is 1.34. The van der Waals surface area contributed by atoms with Crippen molar-refractivity contribution in [2.45, 2.75) is 32.6 Å². The van der Waals surface area contributed by atoms with Crippen molar-refractivity contribution < 1.29 is 29.4 Å². The first kappa shape index (κ1) is 24.3. The first-order valence-corrected chi connectivity index (χ1v) is 10.9. The first-order chi connectivity index (χ1) is 12.5. The minimum atomic E-state index is -1.16. The normalized spacial score (nSPS) is 10.4. The van der Waals surface area contributed by atoms with E-state index >= 15 is 0 Å². The third-order valence-electron chi connectivity index (χ3n) is 3.62. The van der Waals surface area contributed by atoms with Crippen LogP contribution in [0, 0.1) is 10.7 Å². The second-order valence-electron chi connectivity index (χ2n) is 5.57. The molecule has 0 bridgehead atoms. The van der Waals surface area contributed by atoms with Crippen molar-refractivity contribution in [2.75, 3.05) is 17.3 Å². The fourth-order valence-corrected chi connectivity index (χ4v) is 6.78. The Morgan fingerprint density at radius 3 is 2.00 bits per heavy atom. The number of halogens is 3. The van der Waals surface area contributed by atoms with Crippen LogP contribution in [0.5, 0.6) is 0 Å². The molecule has 0 aliphatic carbocycles. The molecule has 11 heteroatoms. The van der Waals surface area contributed by atoms with Crippen LogP contribution in [0.2, 0.25) is 0 Å². The minimum absolute atomic E-state index is 0.0113. The van der Waals surface area contributed by atoms with Gasteiger partial charge in [-0.05, 0) is 80.6 Å². The van der Waals surface area contributed by atoms with E-state index in [2.05, 4.69) is 5.32 Å². The number of aliphatic carboxylic acids is 1. The number of rotatable bonds is 8. The number of carboxylic acid groups (broad SMARTS) is 2. The van der Waals surface area contributed by atoms with Gasteiger partial charge >= 0.3 is 11.9 Å². The van der Waals surface area contributed by atoms with Crippen LogP contribution in [0.1, 0.15) is 43.0 Å². The maximum absolute atomic E-state index is 12.2. The molecule has 1 rings (SSSR count). The summed E-state index contributed by atoms with van der Waals surface area (Å²) in [6.45, 7) is 1.37. The molecule has 0 unspecified atom stereocenters.